The quantitative estimate of drug-likeness (QED) is 0.328. The highest BCUT2D eigenvalue weighted by Crippen LogP contribution is 2.20. The van der Waals surface area contributed by atoms with Gasteiger partial charge in [-0.2, -0.15) is 0 Å². The van der Waals surface area contributed by atoms with E-state index < -0.39 is 0 Å². The van der Waals surface area contributed by atoms with Crippen molar-refractivity contribution in [3.05, 3.63) is 95.4 Å². The molecule has 3 aromatic carbocycles. The normalized spacial score (nSPS) is 10.4. The van der Waals surface area contributed by atoms with Crippen molar-refractivity contribution in [3.8, 4) is 11.3 Å². The van der Waals surface area contributed by atoms with Gasteiger partial charge in [-0.15, -0.1) is 0 Å². The predicted octanol–water partition coefficient (Wildman–Crippen LogP) is 1.84. The number of carbonyl (C=O) groups is 1. The molecule has 0 saturated heterocycles. The summed E-state index contributed by atoms with van der Waals surface area (Å²) in [6.45, 7) is 0.268. The van der Waals surface area contributed by atoms with Gasteiger partial charge in [-0.1, -0.05) is 64.5 Å². The lowest BCUT2D eigenvalue weighted by Gasteiger charge is -2.03. The Morgan fingerprint density at radius 1 is 0.926 bits per heavy atom. The Morgan fingerprint density at radius 2 is 1.74 bits per heavy atom. The maximum Gasteiger partial charge on any atom is 0.287 e. The molecule has 0 amide bonds. The zero-order valence-corrected chi connectivity index (χ0v) is 17.5. The average Bonchev–Trinajstić information content (AvgIpc) is 2.68. The number of carbonyl (C=O) groups excluding carboxylic acids is 1. The SMILES string of the molecule is O=C(C[n+]1ccc(-c2cccc(Br)c2)nc1)c1ccc2ccccc2c1.[Br-]. The molecular weight excluding hydrogens is 468 g/mol. The van der Waals surface area contributed by atoms with Crippen LogP contribution in [0.25, 0.3) is 22.0 Å². The van der Waals surface area contributed by atoms with Crippen molar-refractivity contribution in [1.82, 2.24) is 4.98 Å². The molecule has 0 radical (unpaired) electrons. The molecule has 0 spiro atoms. The molecule has 5 heteroatoms. The number of ketones is 1. The van der Waals surface area contributed by atoms with Gasteiger partial charge in [0.15, 0.2) is 12.2 Å². The lowest BCUT2D eigenvalue weighted by molar-refractivity contribution is -0.686. The maximum atomic E-state index is 12.6. The van der Waals surface area contributed by atoms with Crippen LogP contribution in [-0.2, 0) is 6.54 Å². The monoisotopic (exact) mass is 482 g/mol. The van der Waals surface area contributed by atoms with Crippen LogP contribution in [0.4, 0.5) is 0 Å². The molecule has 1 heterocycles. The predicted molar refractivity (Wildman–Crippen MR) is 106 cm³/mol. The average molecular weight is 484 g/mol. The molecule has 0 atom stereocenters. The highest BCUT2D eigenvalue weighted by molar-refractivity contribution is 9.10. The summed E-state index contributed by atoms with van der Waals surface area (Å²) in [6.07, 6.45) is 3.59. The summed E-state index contributed by atoms with van der Waals surface area (Å²) in [4.78, 5) is 17.1. The van der Waals surface area contributed by atoms with E-state index in [0.29, 0.717) is 5.56 Å². The second-order valence-electron chi connectivity index (χ2n) is 6.11. The van der Waals surface area contributed by atoms with Crippen LogP contribution in [-0.4, -0.2) is 10.8 Å². The van der Waals surface area contributed by atoms with E-state index in [0.717, 1.165) is 26.5 Å². The topological polar surface area (TPSA) is 33.8 Å². The minimum absolute atomic E-state index is 0. The number of hydrogen-bond donors (Lipinski definition) is 0. The van der Waals surface area contributed by atoms with Crippen molar-refractivity contribution >= 4 is 32.5 Å². The summed E-state index contributed by atoms with van der Waals surface area (Å²) in [7, 11) is 0. The maximum absolute atomic E-state index is 12.6. The number of fused-ring (bicyclic) bond motifs is 1. The Labute approximate surface area is 176 Å². The highest BCUT2D eigenvalue weighted by atomic mass is 79.9. The van der Waals surface area contributed by atoms with Crippen molar-refractivity contribution in [2.45, 2.75) is 6.54 Å². The van der Waals surface area contributed by atoms with Gasteiger partial charge in [0.1, 0.15) is 0 Å². The molecule has 0 saturated carbocycles. The van der Waals surface area contributed by atoms with Crippen LogP contribution in [0, 0.1) is 0 Å². The molecule has 0 bridgehead atoms. The minimum atomic E-state index is 0. The molecule has 0 aliphatic carbocycles. The Balaban J connectivity index is 0.00000210. The Bertz CT molecular complexity index is 1090. The molecule has 0 unspecified atom stereocenters. The fourth-order valence-corrected chi connectivity index (χ4v) is 3.32. The summed E-state index contributed by atoms with van der Waals surface area (Å²) in [6, 6.07) is 23.8. The van der Waals surface area contributed by atoms with Crippen LogP contribution in [0.15, 0.2) is 89.8 Å². The van der Waals surface area contributed by atoms with Crippen molar-refractivity contribution < 1.29 is 26.3 Å². The number of halogens is 2. The number of Topliss-reactive ketones (excluding diaryl/α,β-unsaturated/α-hetero) is 1. The third kappa shape index (κ3) is 4.49. The Morgan fingerprint density at radius 3 is 2.48 bits per heavy atom. The van der Waals surface area contributed by atoms with E-state index in [1.54, 1.807) is 10.9 Å². The standard InChI is InChI=1S/C22H16BrN2O.BrH/c23-20-7-3-6-18(13-20)21-10-11-25(15-24-21)14-22(26)19-9-8-16-4-1-2-5-17(16)12-19;/h1-13,15H,14H2;1H/q+1;/p-1. The number of benzene rings is 3. The molecule has 27 heavy (non-hydrogen) atoms. The fourth-order valence-electron chi connectivity index (χ4n) is 2.92. The third-order valence-electron chi connectivity index (χ3n) is 4.29. The summed E-state index contributed by atoms with van der Waals surface area (Å²) in [5, 5.41) is 2.21. The van der Waals surface area contributed by atoms with Crippen molar-refractivity contribution in [2.24, 2.45) is 0 Å². The van der Waals surface area contributed by atoms with Gasteiger partial charge < -0.3 is 17.0 Å². The Kier molecular flexibility index (Phi) is 6.14. The molecule has 0 N–H and O–H groups in total. The summed E-state index contributed by atoms with van der Waals surface area (Å²) < 4.78 is 2.82. The van der Waals surface area contributed by atoms with E-state index >= 15 is 0 Å². The first-order chi connectivity index (χ1) is 12.7. The third-order valence-corrected chi connectivity index (χ3v) is 4.78. The zero-order valence-electron chi connectivity index (χ0n) is 14.3. The minimum Gasteiger partial charge on any atom is -1.00 e. The smallest absolute Gasteiger partial charge is 0.287 e. The number of aromatic nitrogens is 2. The molecule has 134 valence electrons. The van der Waals surface area contributed by atoms with Crippen molar-refractivity contribution in [1.29, 1.82) is 0 Å². The van der Waals surface area contributed by atoms with Crippen LogP contribution in [0.5, 0.6) is 0 Å². The lowest BCUT2D eigenvalue weighted by Crippen LogP contribution is -3.00. The first-order valence-electron chi connectivity index (χ1n) is 8.32. The van der Waals surface area contributed by atoms with Crippen LogP contribution < -0.4 is 21.5 Å². The molecule has 1 aromatic heterocycles. The molecule has 4 aromatic rings. The van der Waals surface area contributed by atoms with Crippen molar-refractivity contribution in [2.75, 3.05) is 0 Å². The van der Waals surface area contributed by atoms with E-state index in [2.05, 4.69) is 20.9 Å². The van der Waals surface area contributed by atoms with E-state index in [4.69, 9.17) is 0 Å². The van der Waals surface area contributed by atoms with Crippen LogP contribution in [0.3, 0.4) is 0 Å². The molecule has 4 rings (SSSR count). The number of hydrogen-bond acceptors (Lipinski definition) is 2. The molecule has 0 aliphatic heterocycles. The van der Waals surface area contributed by atoms with Gasteiger partial charge in [0.25, 0.3) is 6.33 Å². The summed E-state index contributed by atoms with van der Waals surface area (Å²) >= 11 is 3.47. The van der Waals surface area contributed by atoms with Gasteiger partial charge in [-0.25, -0.2) is 4.57 Å². The van der Waals surface area contributed by atoms with Crippen LogP contribution in [0.2, 0.25) is 0 Å². The van der Waals surface area contributed by atoms with Gasteiger partial charge in [-0.3, -0.25) is 4.79 Å². The van der Waals surface area contributed by atoms with Gasteiger partial charge in [0.05, 0.1) is 6.20 Å². The van der Waals surface area contributed by atoms with Crippen LogP contribution in [0.1, 0.15) is 10.4 Å². The van der Waals surface area contributed by atoms with Gasteiger partial charge >= 0.3 is 0 Å². The van der Waals surface area contributed by atoms with Gasteiger partial charge in [-0.05, 0) is 34.0 Å². The van der Waals surface area contributed by atoms with Gasteiger partial charge in [0, 0.05) is 21.7 Å². The molecule has 3 nitrogen and oxygen atoms in total. The van der Waals surface area contributed by atoms with Gasteiger partial charge in [0.2, 0.25) is 5.78 Å². The van der Waals surface area contributed by atoms with E-state index in [1.165, 1.54) is 0 Å². The lowest BCUT2D eigenvalue weighted by atomic mass is 10.0. The van der Waals surface area contributed by atoms with E-state index in [1.807, 2.05) is 79.0 Å². The molecule has 0 fully saturated rings. The number of rotatable bonds is 4. The second-order valence-corrected chi connectivity index (χ2v) is 7.03. The molecular formula is C22H16Br2N2O. The summed E-state index contributed by atoms with van der Waals surface area (Å²) in [5.74, 6) is 0.0674. The van der Waals surface area contributed by atoms with Crippen molar-refractivity contribution in [3.63, 3.8) is 0 Å². The van der Waals surface area contributed by atoms with Crippen LogP contribution >= 0.6 is 15.9 Å². The largest absolute Gasteiger partial charge is 1.00 e. The fraction of sp³-hybridized carbons (Fsp3) is 0.0455. The molecule has 0 aliphatic rings. The second kappa shape index (κ2) is 8.55. The van der Waals surface area contributed by atoms with E-state index in [-0.39, 0.29) is 29.3 Å². The zero-order chi connectivity index (χ0) is 17.9. The van der Waals surface area contributed by atoms with E-state index in [9.17, 15) is 4.79 Å². The Hall–Kier alpha value is -2.37. The number of nitrogens with zero attached hydrogens (tertiary/aromatic N) is 2. The first kappa shape index (κ1) is 19.4. The summed E-state index contributed by atoms with van der Waals surface area (Å²) in [5.41, 5.74) is 2.63. The first-order valence-corrected chi connectivity index (χ1v) is 9.11. The highest BCUT2D eigenvalue weighted by Gasteiger charge is 2.12.